The Labute approximate surface area is 103 Å². The summed E-state index contributed by atoms with van der Waals surface area (Å²) in [5.74, 6) is 1.09. The van der Waals surface area contributed by atoms with Crippen molar-refractivity contribution < 1.29 is 4.74 Å². The van der Waals surface area contributed by atoms with Crippen LogP contribution in [0.5, 0.6) is 11.6 Å². The molecule has 0 radical (unpaired) electrons. The van der Waals surface area contributed by atoms with Crippen molar-refractivity contribution in [3.8, 4) is 11.6 Å². The molecule has 0 aliphatic heterocycles. The fourth-order valence-electron chi connectivity index (χ4n) is 1.63. The predicted octanol–water partition coefficient (Wildman–Crippen LogP) is 1.81. The fourth-order valence-corrected chi connectivity index (χ4v) is 1.63. The molecule has 0 aliphatic rings. The third-order valence-corrected chi connectivity index (χ3v) is 2.64. The zero-order valence-electron chi connectivity index (χ0n) is 9.74. The highest BCUT2D eigenvalue weighted by Crippen LogP contribution is 2.25. The molecule has 0 bridgehead atoms. The van der Waals surface area contributed by atoms with E-state index in [4.69, 9.17) is 10.5 Å². The summed E-state index contributed by atoms with van der Waals surface area (Å²) in [5, 5.41) is 7.76. The van der Waals surface area contributed by atoms with Gasteiger partial charge in [0.15, 0.2) is 0 Å². The summed E-state index contributed by atoms with van der Waals surface area (Å²) < 4.78 is 7.44. The van der Waals surface area contributed by atoms with Gasteiger partial charge in [0.2, 0.25) is 5.65 Å². The van der Waals surface area contributed by atoms with E-state index in [9.17, 15) is 0 Å². The second-order valence-electron chi connectivity index (χ2n) is 3.91. The van der Waals surface area contributed by atoms with Gasteiger partial charge in [-0.3, -0.25) is 4.40 Å². The van der Waals surface area contributed by atoms with Gasteiger partial charge in [-0.1, -0.05) is 0 Å². The number of hydrogen-bond donors (Lipinski definition) is 1. The summed E-state index contributed by atoms with van der Waals surface area (Å²) in [6.45, 7) is 1.92. The Balaban J connectivity index is 2.01. The smallest absolute Gasteiger partial charge is 0.265 e. The second-order valence-corrected chi connectivity index (χ2v) is 3.91. The Kier molecular flexibility index (Phi) is 2.33. The number of ether oxygens (including phenoxy) is 1. The number of nitrogen functional groups attached to an aromatic ring is 1. The minimum atomic E-state index is 0.416. The molecule has 0 atom stereocenters. The van der Waals surface area contributed by atoms with Crippen LogP contribution in [0.1, 0.15) is 5.56 Å². The Morgan fingerprint density at radius 1 is 1.33 bits per heavy atom. The summed E-state index contributed by atoms with van der Waals surface area (Å²) >= 11 is 0. The van der Waals surface area contributed by atoms with E-state index in [0.29, 0.717) is 17.3 Å². The maximum atomic E-state index is 5.76. The fraction of sp³-hybridized carbons (Fsp3) is 0.0833. The third-order valence-electron chi connectivity index (χ3n) is 2.64. The van der Waals surface area contributed by atoms with Gasteiger partial charge >= 0.3 is 0 Å². The molecule has 0 spiro atoms. The summed E-state index contributed by atoms with van der Waals surface area (Å²) in [4.78, 5) is 4.15. The van der Waals surface area contributed by atoms with Crippen LogP contribution < -0.4 is 10.5 Å². The van der Waals surface area contributed by atoms with Gasteiger partial charge in [0.05, 0.1) is 0 Å². The number of hydrogen-bond acceptors (Lipinski definition) is 5. The van der Waals surface area contributed by atoms with Gasteiger partial charge in [0.25, 0.3) is 5.88 Å². The standard InChI is InChI=1S/C12H11N5O/c1-8-6-9(2-3-10(8)13)18-12-11-16-15-7-17(11)5-4-14-12/h2-7H,13H2,1H3. The highest BCUT2D eigenvalue weighted by molar-refractivity contribution is 5.53. The Morgan fingerprint density at radius 3 is 3.06 bits per heavy atom. The number of aryl methyl sites for hydroxylation is 1. The van der Waals surface area contributed by atoms with Gasteiger partial charge in [0.1, 0.15) is 12.1 Å². The molecular weight excluding hydrogens is 230 g/mol. The predicted molar refractivity (Wildman–Crippen MR) is 66.4 cm³/mol. The first-order chi connectivity index (χ1) is 8.74. The van der Waals surface area contributed by atoms with E-state index in [1.165, 1.54) is 0 Å². The molecule has 2 N–H and O–H groups in total. The van der Waals surface area contributed by atoms with E-state index in [1.54, 1.807) is 35.3 Å². The second kappa shape index (κ2) is 3.99. The van der Waals surface area contributed by atoms with Crippen molar-refractivity contribution >= 4 is 11.3 Å². The molecule has 0 unspecified atom stereocenters. The lowest BCUT2D eigenvalue weighted by atomic mass is 10.2. The Hall–Kier alpha value is -2.63. The normalized spacial score (nSPS) is 10.7. The molecule has 3 aromatic rings. The molecule has 0 saturated heterocycles. The molecule has 0 saturated carbocycles. The van der Waals surface area contributed by atoms with Crippen molar-refractivity contribution in [2.24, 2.45) is 0 Å². The van der Waals surface area contributed by atoms with Gasteiger partial charge in [-0.05, 0) is 30.7 Å². The van der Waals surface area contributed by atoms with Crippen LogP contribution in [0.4, 0.5) is 5.69 Å². The average Bonchev–Trinajstić information content (AvgIpc) is 2.83. The van der Waals surface area contributed by atoms with Gasteiger partial charge in [0, 0.05) is 18.1 Å². The summed E-state index contributed by atoms with van der Waals surface area (Å²) in [7, 11) is 0. The molecule has 2 heterocycles. The number of nitrogens with two attached hydrogens (primary N) is 1. The lowest BCUT2D eigenvalue weighted by Gasteiger charge is -2.07. The number of rotatable bonds is 2. The average molecular weight is 241 g/mol. The summed E-state index contributed by atoms with van der Waals surface area (Å²) in [6, 6.07) is 5.45. The van der Waals surface area contributed by atoms with Crippen LogP contribution in [-0.2, 0) is 0 Å². The van der Waals surface area contributed by atoms with Crippen molar-refractivity contribution in [1.82, 2.24) is 19.6 Å². The minimum Gasteiger partial charge on any atom is -0.436 e. The van der Waals surface area contributed by atoms with Gasteiger partial charge in [-0.15, -0.1) is 10.2 Å². The topological polar surface area (TPSA) is 78.3 Å². The molecule has 0 aliphatic carbocycles. The van der Waals surface area contributed by atoms with Crippen molar-refractivity contribution in [1.29, 1.82) is 0 Å². The van der Waals surface area contributed by atoms with Crippen LogP contribution in [0.2, 0.25) is 0 Å². The lowest BCUT2D eigenvalue weighted by molar-refractivity contribution is 0.464. The van der Waals surface area contributed by atoms with Crippen LogP contribution in [0.15, 0.2) is 36.9 Å². The first kappa shape index (κ1) is 10.5. The lowest BCUT2D eigenvalue weighted by Crippen LogP contribution is -1.95. The largest absolute Gasteiger partial charge is 0.436 e. The summed E-state index contributed by atoms with van der Waals surface area (Å²) in [6.07, 6.45) is 4.99. The number of aromatic nitrogens is 4. The first-order valence-corrected chi connectivity index (χ1v) is 5.42. The molecule has 2 aromatic heterocycles. The maximum absolute atomic E-state index is 5.76. The van der Waals surface area contributed by atoms with Crippen LogP contribution in [0.3, 0.4) is 0 Å². The number of anilines is 1. The van der Waals surface area contributed by atoms with E-state index in [-0.39, 0.29) is 0 Å². The molecule has 90 valence electrons. The Bertz CT molecular complexity index is 707. The molecular formula is C12H11N5O. The van der Waals surface area contributed by atoms with E-state index in [0.717, 1.165) is 11.3 Å². The highest BCUT2D eigenvalue weighted by Gasteiger charge is 2.07. The number of fused-ring (bicyclic) bond motifs is 1. The number of benzene rings is 1. The maximum Gasteiger partial charge on any atom is 0.265 e. The van der Waals surface area contributed by atoms with Crippen LogP contribution in [0.25, 0.3) is 5.65 Å². The Morgan fingerprint density at radius 2 is 2.22 bits per heavy atom. The molecule has 0 amide bonds. The molecule has 18 heavy (non-hydrogen) atoms. The molecule has 1 aromatic carbocycles. The molecule has 6 heteroatoms. The van der Waals surface area contributed by atoms with E-state index in [1.807, 2.05) is 13.0 Å². The van der Waals surface area contributed by atoms with E-state index in [2.05, 4.69) is 15.2 Å². The van der Waals surface area contributed by atoms with E-state index < -0.39 is 0 Å². The zero-order chi connectivity index (χ0) is 12.5. The SMILES string of the molecule is Cc1cc(Oc2nccn3cnnc23)ccc1N. The van der Waals surface area contributed by atoms with Gasteiger partial charge in [-0.2, -0.15) is 0 Å². The van der Waals surface area contributed by atoms with Crippen LogP contribution in [-0.4, -0.2) is 19.6 Å². The molecule has 3 rings (SSSR count). The van der Waals surface area contributed by atoms with Gasteiger partial charge < -0.3 is 10.5 Å². The minimum absolute atomic E-state index is 0.416. The molecule has 6 nitrogen and oxygen atoms in total. The van der Waals surface area contributed by atoms with Gasteiger partial charge in [-0.25, -0.2) is 4.98 Å². The van der Waals surface area contributed by atoms with Crippen molar-refractivity contribution in [2.45, 2.75) is 6.92 Å². The monoisotopic (exact) mass is 241 g/mol. The third kappa shape index (κ3) is 1.73. The van der Waals surface area contributed by atoms with Crippen LogP contribution >= 0.6 is 0 Å². The molecule has 0 fully saturated rings. The summed E-state index contributed by atoms with van der Waals surface area (Å²) in [5.41, 5.74) is 8.03. The van der Waals surface area contributed by atoms with Crippen molar-refractivity contribution in [3.63, 3.8) is 0 Å². The first-order valence-electron chi connectivity index (χ1n) is 5.42. The number of nitrogens with zero attached hydrogens (tertiary/aromatic N) is 4. The quantitative estimate of drug-likeness (QED) is 0.692. The highest BCUT2D eigenvalue weighted by atomic mass is 16.5. The zero-order valence-corrected chi connectivity index (χ0v) is 9.74. The van der Waals surface area contributed by atoms with E-state index >= 15 is 0 Å². The van der Waals surface area contributed by atoms with Crippen molar-refractivity contribution in [3.05, 3.63) is 42.5 Å². The van der Waals surface area contributed by atoms with Crippen molar-refractivity contribution in [2.75, 3.05) is 5.73 Å². The van der Waals surface area contributed by atoms with Crippen LogP contribution in [0, 0.1) is 6.92 Å².